The number of hydrogen-bond donors (Lipinski definition) is 0. The van der Waals surface area contributed by atoms with Crippen LogP contribution in [-0.4, -0.2) is 30.3 Å². The fourth-order valence-corrected chi connectivity index (χ4v) is 2.49. The molecular weight excluding hydrogens is 304 g/mol. The van der Waals surface area contributed by atoms with E-state index in [1.54, 1.807) is 18.2 Å². The van der Waals surface area contributed by atoms with Crippen LogP contribution in [0.25, 0.3) is 0 Å². The Morgan fingerprint density at radius 1 is 1.13 bits per heavy atom. The summed E-state index contributed by atoms with van der Waals surface area (Å²) < 4.78 is 20.4. The zero-order valence-electron chi connectivity index (χ0n) is 12.8. The van der Waals surface area contributed by atoms with Crippen molar-refractivity contribution in [3.8, 4) is 11.5 Å². The van der Waals surface area contributed by atoms with Crippen molar-refractivity contribution in [3.05, 3.63) is 23.8 Å². The van der Waals surface area contributed by atoms with Gasteiger partial charge in [-0.15, -0.1) is 0 Å². The summed E-state index contributed by atoms with van der Waals surface area (Å²) in [6.45, 7) is 3.06. The minimum atomic E-state index is -1.50. The van der Waals surface area contributed by atoms with Gasteiger partial charge in [-0.25, -0.2) is 0 Å². The molecule has 23 heavy (non-hydrogen) atoms. The van der Waals surface area contributed by atoms with Gasteiger partial charge in [0.25, 0.3) is 5.79 Å². The molecular formula is C16H16O7. The number of rotatable bonds is 4. The minimum absolute atomic E-state index is 0.0228. The van der Waals surface area contributed by atoms with Crippen LogP contribution in [0.2, 0.25) is 0 Å². The standard InChI is InChI=1S/C16H16O7/c1-16(2)22-14(18)13(15(19)23-16)10(17)5-3-9-4-6-11-12(7-9)21-8-20-11/h4,6-7,13H,3,5,8H2,1-2H3. The Kier molecular flexibility index (Phi) is 3.71. The van der Waals surface area contributed by atoms with Gasteiger partial charge in [0, 0.05) is 20.3 Å². The number of fused-ring (bicyclic) bond motifs is 1. The van der Waals surface area contributed by atoms with Gasteiger partial charge in [-0.3, -0.25) is 14.4 Å². The summed E-state index contributed by atoms with van der Waals surface area (Å²) >= 11 is 0. The number of benzene rings is 1. The molecule has 2 aliphatic rings. The van der Waals surface area contributed by atoms with E-state index in [9.17, 15) is 14.4 Å². The minimum Gasteiger partial charge on any atom is -0.454 e. The van der Waals surface area contributed by atoms with Gasteiger partial charge in [-0.2, -0.15) is 0 Å². The first kappa shape index (κ1) is 15.3. The molecule has 0 bridgehead atoms. The van der Waals surface area contributed by atoms with Crippen molar-refractivity contribution in [2.75, 3.05) is 6.79 Å². The van der Waals surface area contributed by atoms with Crippen LogP contribution in [0.1, 0.15) is 25.8 Å². The first-order valence-electron chi connectivity index (χ1n) is 7.23. The number of carbonyl (C=O) groups is 3. The van der Waals surface area contributed by atoms with E-state index in [2.05, 4.69) is 0 Å². The number of carbonyl (C=O) groups excluding carboxylic acids is 3. The molecule has 0 radical (unpaired) electrons. The van der Waals surface area contributed by atoms with E-state index in [0.717, 1.165) is 5.56 Å². The molecule has 0 aromatic heterocycles. The average molecular weight is 320 g/mol. The summed E-state index contributed by atoms with van der Waals surface area (Å²) in [5.74, 6) is -3.80. The largest absolute Gasteiger partial charge is 0.454 e. The molecule has 2 aliphatic heterocycles. The first-order chi connectivity index (χ1) is 10.9. The van der Waals surface area contributed by atoms with Gasteiger partial charge in [-0.1, -0.05) is 6.07 Å². The highest BCUT2D eigenvalue weighted by Gasteiger charge is 2.46. The second kappa shape index (κ2) is 5.57. The van der Waals surface area contributed by atoms with Gasteiger partial charge in [0.1, 0.15) is 0 Å². The number of esters is 2. The molecule has 1 aromatic carbocycles. The third-order valence-electron chi connectivity index (χ3n) is 3.58. The molecule has 0 atom stereocenters. The molecule has 0 saturated carbocycles. The summed E-state index contributed by atoms with van der Waals surface area (Å²) in [5.41, 5.74) is 0.848. The van der Waals surface area contributed by atoms with Crippen molar-refractivity contribution in [2.24, 2.45) is 5.92 Å². The van der Waals surface area contributed by atoms with Crippen LogP contribution in [0.4, 0.5) is 0 Å². The zero-order valence-corrected chi connectivity index (χ0v) is 12.8. The molecule has 1 fully saturated rings. The Morgan fingerprint density at radius 3 is 2.48 bits per heavy atom. The third-order valence-corrected chi connectivity index (χ3v) is 3.58. The second-order valence-corrected chi connectivity index (χ2v) is 5.83. The first-order valence-corrected chi connectivity index (χ1v) is 7.23. The van der Waals surface area contributed by atoms with Gasteiger partial charge in [-0.05, 0) is 24.1 Å². The molecule has 3 rings (SSSR count). The van der Waals surface area contributed by atoms with Crippen molar-refractivity contribution in [2.45, 2.75) is 32.5 Å². The molecule has 0 amide bonds. The Hall–Kier alpha value is -2.57. The fourth-order valence-electron chi connectivity index (χ4n) is 2.49. The predicted octanol–water partition coefficient (Wildman–Crippen LogP) is 1.37. The molecule has 0 N–H and O–H groups in total. The lowest BCUT2D eigenvalue weighted by molar-refractivity contribution is -0.238. The van der Waals surface area contributed by atoms with Crippen molar-refractivity contribution < 1.29 is 33.3 Å². The highest BCUT2D eigenvalue weighted by Crippen LogP contribution is 2.33. The Balaban J connectivity index is 1.63. The maximum absolute atomic E-state index is 12.2. The molecule has 7 nitrogen and oxygen atoms in total. The summed E-state index contributed by atoms with van der Waals surface area (Å²) in [5, 5.41) is 0. The lowest BCUT2D eigenvalue weighted by atomic mass is 9.97. The van der Waals surface area contributed by atoms with E-state index in [-0.39, 0.29) is 13.2 Å². The predicted molar refractivity (Wildman–Crippen MR) is 75.6 cm³/mol. The van der Waals surface area contributed by atoms with E-state index in [0.29, 0.717) is 17.9 Å². The van der Waals surface area contributed by atoms with Crippen LogP contribution < -0.4 is 9.47 Å². The molecule has 0 aliphatic carbocycles. The normalized spacial score (nSPS) is 19.2. The maximum Gasteiger partial charge on any atom is 0.331 e. The molecule has 1 saturated heterocycles. The average Bonchev–Trinajstić information content (AvgIpc) is 2.90. The second-order valence-electron chi connectivity index (χ2n) is 5.83. The quantitative estimate of drug-likeness (QED) is 0.611. The number of hydrogen-bond acceptors (Lipinski definition) is 7. The molecule has 2 heterocycles. The highest BCUT2D eigenvalue weighted by molar-refractivity contribution is 6.15. The Bertz CT molecular complexity index is 657. The van der Waals surface area contributed by atoms with Crippen LogP contribution in [0.3, 0.4) is 0 Å². The summed E-state index contributed by atoms with van der Waals surface area (Å²) in [6, 6.07) is 5.34. The number of aryl methyl sites for hydroxylation is 1. The van der Waals surface area contributed by atoms with E-state index < -0.39 is 29.4 Å². The van der Waals surface area contributed by atoms with Crippen molar-refractivity contribution in [1.29, 1.82) is 0 Å². The van der Waals surface area contributed by atoms with Crippen LogP contribution >= 0.6 is 0 Å². The molecule has 7 heteroatoms. The molecule has 0 unspecified atom stereocenters. The van der Waals surface area contributed by atoms with Gasteiger partial charge < -0.3 is 18.9 Å². The van der Waals surface area contributed by atoms with Gasteiger partial charge in [0.15, 0.2) is 17.3 Å². The summed E-state index contributed by atoms with van der Waals surface area (Å²) in [7, 11) is 0. The van der Waals surface area contributed by atoms with Crippen molar-refractivity contribution in [1.82, 2.24) is 0 Å². The smallest absolute Gasteiger partial charge is 0.331 e. The van der Waals surface area contributed by atoms with Gasteiger partial charge in [0.2, 0.25) is 12.7 Å². The highest BCUT2D eigenvalue weighted by atomic mass is 16.7. The monoisotopic (exact) mass is 320 g/mol. The number of ketones is 1. The van der Waals surface area contributed by atoms with Crippen LogP contribution in [0.5, 0.6) is 11.5 Å². The fraction of sp³-hybridized carbons (Fsp3) is 0.438. The zero-order chi connectivity index (χ0) is 16.6. The van der Waals surface area contributed by atoms with Crippen molar-refractivity contribution in [3.63, 3.8) is 0 Å². The lowest BCUT2D eigenvalue weighted by Crippen LogP contribution is -2.49. The summed E-state index contributed by atoms with van der Waals surface area (Å²) in [4.78, 5) is 35.9. The van der Waals surface area contributed by atoms with Crippen LogP contribution in [-0.2, 0) is 30.3 Å². The van der Waals surface area contributed by atoms with Crippen molar-refractivity contribution >= 4 is 17.7 Å². The number of Topliss-reactive ketones (excluding diaryl/α,β-unsaturated/α-hetero) is 1. The number of cyclic esters (lactones) is 2. The van der Waals surface area contributed by atoms with E-state index in [1.165, 1.54) is 13.8 Å². The number of ether oxygens (including phenoxy) is 4. The van der Waals surface area contributed by atoms with E-state index in [1.807, 2.05) is 0 Å². The topological polar surface area (TPSA) is 88.1 Å². The van der Waals surface area contributed by atoms with E-state index >= 15 is 0 Å². The molecule has 0 spiro atoms. The Labute approximate surface area is 132 Å². The maximum atomic E-state index is 12.2. The van der Waals surface area contributed by atoms with Gasteiger partial charge >= 0.3 is 11.9 Å². The molecule has 1 aromatic rings. The van der Waals surface area contributed by atoms with Crippen LogP contribution in [0, 0.1) is 5.92 Å². The lowest BCUT2D eigenvalue weighted by Gasteiger charge is -2.32. The third kappa shape index (κ3) is 3.13. The Morgan fingerprint density at radius 2 is 1.78 bits per heavy atom. The van der Waals surface area contributed by atoms with E-state index in [4.69, 9.17) is 18.9 Å². The molecule has 122 valence electrons. The summed E-state index contributed by atoms with van der Waals surface area (Å²) in [6.07, 6.45) is 0.394. The van der Waals surface area contributed by atoms with Gasteiger partial charge in [0.05, 0.1) is 0 Å². The SMILES string of the molecule is CC1(C)OC(=O)C(C(=O)CCc2ccc3c(c2)OCO3)C(=O)O1. The van der Waals surface area contributed by atoms with Crippen LogP contribution in [0.15, 0.2) is 18.2 Å².